The van der Waals surface area contributed by atoms with Crippen molar-refractivity contribution in [3.63, 3.8) is 0 Å². The quantitative estimate of drug-likeness (QED) is 0.597. The lowest BCUT2D eigenvalue weighted by Crippen LogP contribution is -2.17. The number of fused-ring (bicyclic) bond motifs is 1. The highest BCUT2D eigenvalue weighted by Gasteiger charge is 2.19. The predicted octanol–water partition coefficient (Wildman–Crippen LogP) is 5.01. The predicted molar refractivity (Wildman–Crippen MR) is 117 cm³/mol. The summed E-state index contributed by atoms with van der Waals surface area (Å²) in [4.78, 5) is 33.7. The van der Waals surface area contributed by atoms with Gasteiger partial charge in [0.15, 0.2) is 5.13 Å². The average Bonchev–Trinajstić information content (AvgIpc) is 3.37. The highest BCUT2D eigenvalue weighted by Crippen LogP contribution is 2.35. The Kier molecular flexibility index (Phi) is 5.61. The highest BCUT2D eigenvalue weighted by molar-refractivity contribution is 7.18. The van der Waals surface area contributed by atoms with Crippen molar-refractivity contribution in [2.24, 2.45) is 0 Å². The summed E-state index contributed by atoms with van der Waals surface area (Å²) in [5, 5.41) is 6.41. The smallest absolute Gasteiger partial charge is 0.267 e. The lowest BCUT2D eigenvalue weighted by Gasteiger charge is -2.08. The number of thiophene rings is 2. The second kappa shape index (κ2) is 8.14. The molecule has 2 amide bonds. The molecular weight excluding hydrogens is 410 g/mol. The van der Waals surface area contributed by atoms with E-state index in [1.165, 1.54) is 41.5 Å². The van der Waals surface area contributed by atoms with E-state index in [1.54, 1.807) is 22.7 Å². The summed E-state index contributed by atoms with van der Waals surface area (Å²) < 4.78 is 0. The summed E-state index contributed by atoms with van der Waals surface area (Å²) in [5.74, 6) is -0.114. The third kappa shape index (κ3) is 4.19. The fraction of sp³-hybridized carbons (Fsp3) is 0.350. The van der Waals surface area contributed by atoms with Gasteiger partial charge in [0.05, 0.1) is 22.0 Å². The number of rotatable bonds is 5. The van der Waals surface area contributed by atoms with Crippen LogP contribution in [-0.4, -0.2) is 16.8 Å². The first-order valence-corrected chi connectivity index (χ1v) is 11.7. The van der Waals surface area contributed by atoms with Crippen molar-refractivity contribution in [2.45, 2.75) is 46.1 Å². The number of hydrogen-bond acceptors (Lipinski definition) is 6. The van der Waals surface area contributed by atoms with Crippen LogP contribution in [0.5, 0.6) is 0 Å². The molecule has 2 N–H and O–H groups in total. The summed E-state index contributed by atoms with van der Waals surface area (Å²) in [6.45, 7) is 4.05. The van der Waals surface area contributed by atoms with E-state index in [9.17, 15) is 9.59 Å². The van der Waals surface area contributed by atoms with E-state index in [0.29, 0.717) is 11.7 Å². The van der Waals surface area contributed by atoms with Crippen molar-refractivity contribution < 1.29 is 9.59 Å². The van der Waals surface area contributed by atoms with Crippen molar-refractivity contribution in [1.82, 2.24) is 10.3 Å². The minimum Gasteiger partial charge on any atom is -0.351 e. The standard InChI is InChI=1S/C20H21N3O2S3/c1-11-18(16-8-7-14(27-16)10-21-12(2)24)22-20(26-11)23-19(25)17-9-13-5-3-4-6-15(13)28-17/h7-9H,3-6,10H2,1-2H3,(H,21,24)(H,22,23,25). The van der Waals surface area contributed by atoms with Gasteiger partial charge in [-0.05, 0) is 56.4 Å². The van der Waals surface area contributed by atoms with E-state index in [4.69, 9.17) is 0 Å². The summed E-state index contributed by atoms with van der Waals surface area (Å²) in [6, 6.07) is 6.06. The number of aromatic nitrogens is 1. The van der Waals surface area contributed by atoms with Crippen LogP contribution in [-0.2, 0) is 24.2 Å². The average molecular weight is 432 g/mol. The Morgan fingerprint density at radius 2 is 1.96 bits per heavy atom. The Labute approximate surface area is 175 Å². The van der Waals surface area contributed by atoms with Crippen LogP contribution in [0.3, 0.4) is 0 Å². The number of carbonyl (C=O) groups is 2. The molecule has 3 heterocycles. The molecule has 0 bridgehead atoms. The zero-order valence-electron chi connectivity index (χ0n) is 15.8. The van der Waals surface area contributed by atoms with Crippen LogP contribution >= 0.6 is 34.0 Å². The molecule has 5 nitrogen and oxygen atoms in total. The van der Waals surface area contributed by atoms with Crippen LogP contribution in [0.4, 0.5) is 5.13 Å². The fourth-order valence-corrected chi connectivity index (χ4v) is 6.28. The van der Waals surface area contributed by atoms with Crippen molar-refractivity contribution in [3.8, 4) is 10.6 Å². The van der Waals surface area contributed by atoms with Crippen molar-refractivity contribution in [2.75, 3.05) is 5.32 Å². The zero-order valence-corrected chi connectivity index (χ0v) is 18.2. The molecule has 1 aliphatic carbocycles. The molecule has 28 heavy (non-hydrogen) atoms. The van der Waals surface area contributed by atoms with Crippen LogP contribution in [0.2, 0.25) is 0 Å². The van der Waals surface area contributed by atoms with Gasteiger partial charge >= 0.3 is 0 Å². The molecule has 0 spiro atoms. The van der Waals surface area contributed by atoms with Crippen molar-refractivity contribution >= 4 is 51.0 Å². The van der Waals surface area contributed by atoms with Gasteiger partial charge in [0, 0.05) is 21.6 Å². The molecule has 3 aromatic rings. The van der Waals surface area contributed by atoms with Crippen LogP contribution in [0.25, 0.3) is 10.6 Å². The number of aryl methyl sites for hydroxylation is 3. The third-order valence-electron chi connectivity index (χ3n) is 4.64. The zero-order chi connectivity index (χ0) is 19.7. The van der Waals surface area contributed by atoms with Gasteiger partial charge in [0.25, 0.3) is 5.91 Å². The maximum Gasteiger partial charge on any atom is 0.267 e. The Hall–Kier alpha value is -2.03. The SMILES string of the molecule is CC(=O)NCc1ccc(-c2nc(NC(=O)c3cc4c(s3)CCCC4)sc2C)s1. The summed E-state index contributed by atoms with van der Waals surface area (Å²) in [5.41, 5.74) is 2.23. The van der Waals surface area contributed by atoms with Gasteiger partial charge in [-0.3, -0.25) is 14.9 Å². The van der Waals surface area contributed by atoms with Crippen molar-refractivity contribution in [3.05, 3.63) is 43.3 Å². The van der Waals surface area contributed by atoms with Crippen LogP contribution < -0.4 is 10.6 Å². The number of carbonyl (C=O) groups excluding carboxylic acids is 2. The molecule has 1 aliphatic rings. The first-order chi connectivity index (χ1) is 13.5. The number of anilines is 1. The second-order valence-electron chi connectivity index (χ2n) is 6.82. The maximum absolute atomic E-state index is 12.7. The normalized spacial score (nSPS) is 13.2. The number of thiazole rings is 1. The number of nitrogens with one attached hydrogen (secondary N) is 2. The van der Waals surface area contributed by atoms with Crippen molar-refractivity contribution in [1.29, 1.82) is 0 Å². The number of nitrogens with zero attached hydrogens (tertiary/aromatic N) is 1. The fourth-order valence-electron chi connectivity index (χ4n) is 3.25. The van der Waals surface area contributed by atoms with Crippen LogP contribution in [0.15, 0.2) is 18.2 Å². The van der Waals surface area contributed by atoms with E-state index in [1.807, 2.05) is 25.1 Å². The van der Waals surface area contributed by atoms with Gasteiger partial charge in [0.1, 0.15) is 0 Å². The van der Waals surface area contributed by atoms with Crippen LogP contribution in [0, 0.1) is 6.92 Å². The monoisotopic (exact) mass is 431 g/mol. The number of amides is 2. The summed E-state index contributed by atoms with van der Waals surface area (Å²) in [6.07, 6.45) is 4.60. The van der Waals surface area contributed by atoms with E-state index < -0.39 is 0 Å². The molecule has 8 heteroatoms. The highest BCUT2D eigenvalue weighted by atomic mass is 32.1. The minimum absolute atomic E-state index is 0.0416. The van der Waals surface area contributed by atoms with E-state index in [0.717, 1.165) is 38.0 Å². The van der Waals surface area contributed by atoms with Gasteiger partial charge in [-0.15, -0.1) is 34.0 Å². The Bertz CT molecular complexity index is 1010. The molecule has 146 valence electrons. The summed E-state index contributed by atoms with van der Waals surface area (Å²) in [7, 11) is 0. The molecular formula is C20H21N3O2S3. The molecule has 0 unspecified atom stereocenters. The molecule has 0 saturated carbocycles. The molecule has 0 radical (unpaired) electrons. The molecule has 0 atom stereocenters. The molecule has 0 saturated heterocycles. The molecule has 0 aromatic carbocycles. The van der Waals surface area contributed by atoms with Gasteiger partial charge < -0.3 is 5.32 Å². The number of hydrogen-bond donors (Lipinski definition) is 2. The Morgan fingerprint density at radius 1 is 1.14 bits per heavy atom. The van der Waals surface area contributed by atoms with Gasteiger partial charge in [-0.25, -0.2) is 4.98 Å². The lowest BCUT2D eigenvalue weighted by molar-refractivity contribution is -0.119. The summed E-state index contributed by atoms with van der Waals surface area (Å²) >= 11 is 4.71. The Balaban J connectivity index is 1.47. The Morgan fingerprint density at radius 3 is 2.75 bits per heavy atom. The molecule has 4 rings (SSSR count). The maximum atomic E-state index is 12.7. The van der Waals surface area contributed by atoms with E-state index >= 15 is 0 Å². The molecule has 0 fully saturated rings. The van der Waals surface area contributed by atoms with Crippen LogP contribution in [0.1, 0.15) is 49.6 Å². The molecule has 3 aromatic heterocycles. The third-order valence-corrected chi connectivity index (χ3v) is 7.86. The van der Waals surface area contributed by atoms with Gasteiger partial charge in [-0.1, -0.05) is 0 Å². The van der Waals surface area contributed by atoms with E-state index in [2.05, 4.69) is 15.6 Å². The topological polar surface area (TPSA) is 71.1 Å². The second-order valence-corrected chi connectivity index (χ2v) is 10.3. The minimum atomic E-state index is -0.0720. The first-order valence-electron chi connectivity index (χ1n) is 9.23. The largest absolute Gasteiger partial charge is 0.351 e. The first kappa shape index (κ1) is 19.3. The van der Waals surface area contributed by atoms with Gasteiger partial charge in [-0.2, -0.15) is 0 Å². The van der Waals surface area contributed by atoms with Gasteiger partial charge in [0.2, 0.25) is 5.91 Å². The molecule has 0 aliphatic heterocycles. The van der Waals surface area contributed by atoms with E-state index in [-0.39, 0.29) is 11.8 Å². The lowest BCUT2D eigenvalue weighted by atomic mass is 9.99.